The number of carbonyl (C=O) groups excluding carboxylic acids is 2. The number of pyridine rings is 1. The molecule has 0 radical (unpaired) electrons. The predicted molar refractivity (Wildman–Crippen MR) is 114 cm³/mol. The molecule has 3 aromatic rings. The van der Waals surface area contributed by atoms with E-state index in [1.165, 1.54) is 5.56 Å². The van der Waals surface area contributed by atoms with E-state index in [9.17, 15) is 9.59 Å². The largest absolute Gasteiger partial charge is 0.497 e. The first-order valence-corrected chi connectivity index (χ1v) is 9.30. The third-order valence-electron chi connectivity index (χ3n) is 4.40. The van der Waals surface area contributed by atoms with E-state index in [1.54, 1.807) is 49.6 Å². The fourth-order valence-electron chi connectivity index (χ4n) is 2.70. The molecular weight excluding hydrogens is 366 g/mol. The highest BCUT2D eigenvalue weighted by Gasteiger charge is 2.13. The van der Waals surface area contributed by atoms with E-state index in [2.05, 4.69) is 29.5 Å². The van der Waals surface area contributed by atoms with E-state index in [0.29, 0.717) is 23.0 Å². The first-order valence-electron chi connectivity index (χ1n) is 9.30. The number of nitrogens with zero attached hydrogens (tertiary/aromatic N) is 1. The number of hydrogen-bond acceptors (Lipinski definition) is 4. The van der Waals surface area contributed by atoms with E-state index >= 15 is 0 Å². The molecule has 2 aromatic carbocycles. The average Bonchev–Trinajstić information content (AvgIpc) is 2.74. The van der Waals surface area contributed by atoms with Gasteiger partial charge in [-0.25, -0.2) is 4.98 Å². The van der Waals surface area contributed by atoms with Crippen LogP contribution in [0, 0.1) is 0 Å². The molecule has 0 fully saturated rings. The molecule has 0 spiro atoms. The normalized spacial score (nSPS) is 10.5. The second kappa shape index (κ2) is 9.01. The molecule has 6 nitrogen and oxygen atoms in total. The molecule has 0 aliphatic carbocycles. The molecule has 148 valence electrons. The first kappa shape index (κ1) is 20.1. The van der Waals surface area contributed by atoms with Gasteiger partial charge in [-0.1, -0.05) is 32.0 Å². The standard InChI is InChI=1S/C23H23N3O3/c1-15(2)16-7-9-17(10-8-16)24-22(27)20-5-4-6-21(26-20)23(28)25-18-11-13-19(29-3)14-12-18/h4-15H,1-3H3,(H,24,27)(H,25,28). The van der Waals surface area contributed by atoms with Crippen molar-refractivity contribution in [2.75, 3.05) is 17.7 Å². The number of nitrogens with one attached hydrogen (secondary N) is 2. The zero-order chi connectivity index (χ0) is 20.8. The Morgan fingerprint density at radius 3 is 1.72 bits per heavy atom. The van der Waals surface area contributed by atoms with Gasteiger partial charge in [0.25, 0.3) is 11.8 Å². The van der Waals surface area contributed by atoms with Crippen LogP contribution in [0.2, 0.25) is 0 Å². The van der Waals surface area contributed by atoms with Crippen molar-refractivity contribution >= 4 is 23.2 Å². The quantitative estimate of drug-likeness (QED) is 0.639. The topological polar surface area (TPSA) is 80.3 Å². The van der Waals surface area contributed by atoms with Gasteiger partial charge in [-0.05, 0) is 60.0 Å². The lowest BCUT2D eigenvalue weighted by atomic mass is 10.0. The third kappa shape index (κ3) is 5.19. The highest BCUT2D eigenvalue weighted by molar-refractivity contribution is 6.06. The van der Waals surface area contributed by atoms with Crippen LogP contribution in [0.25, 0.3) is 0 Å². The molecule has 0 bridgehead atoms. The van der Waals surface area contributed by atoms with Crippen molar-refractivity contribution in [2.45, 2.75) is 19.8 Å². The molecule has 0 atom stereocenters. The fourth-order valence-corrected chi connectivity index (χ4v) is 2.70. The van der Waals surface area contributed by atoms with Crippen molar-refractivity contribution in [1.82, 2.24) is 4.98 Å². The smallest absolute Gasteiger partial charge is 0.274 e. The number of methoxy groups -OCH3 is 1. The Hall–Kier alpha value is -3.67. The monoisotopic (exact) mass is 389 g/mol. The molecule has 0 saturated carbocycles. The highest BCUT2D eigenvalue weighted by atomic mass is 16.5. The fraction of sp³-hybridized carbons (Fsp3) is 0.174. The number of hydrogen-bond donors (Lipinski definition) is 2. The van der Waals surface area contributed by atoms with Crippen molar-refractivity contribution in [2.24, 2.45) is 0 Å². The Bertz CT molecular complexity index is 997. The number of rotatable bonds is 6. The number of benzene rings is 2. The van der Waals surface area contributed by atoms with Gasteiger partial charge in [-0.3, -0.25) is 9.59 Å². The Labute approximate surface area is 169 Å². The summed E-state index contributed by atoms with van der Waals surface area (Å²) in [5.41, 5.74) is 2.80. The number of carbonyl (C=O) groups is 2. The van der Waals surface area contributed by atoms with Crippen LogP contribution in [0.1, 0.15) is 46.3 Å². The second-order valence-corrected chi connectivity index (χ2v) is 6.82. The van der Waals surface area contributed by atoms with Gasteiger partial charge >= 0.3 is 0 Å². The predicted octanol–water partition coefficient (Wildman–Crippen LogP) is 4.72. The molecule has 1 heterocycles. The molecule has 6 heteroatoms. The summed E-state index contributed by atoms with van der Waals surface area (Å²) in [6, 6.07) is 19.4. The molecule has 0 aliphatic rings. The van der Waals surface area contributed by atoms with Gasteiger partial charge in [0.05, 0.1) is 7.11 Å². The van der Waals surface area contributed by atoms with Crippen LogP contribution in [0.15, 0.2) is 66.7 Å². The molecule has 0 saturated heterocycles. The maximum Gasteiger partial charge on any atom is 0.274 e. The van der Waals surface area contributed by atoms with E-state index in [4.69, 9.17) is 4.74 Å². The maximum atomic E-state index is 12.5. The summed E-state index contributed by atoms with van der Waals surface area (Å²) in [6.07, 6.45) is 0. The minimum Gasteiger partial charge on any atom is -0.497 e. The van der Waals surface area contributed by atoms with E-state index < -0.39 is 5.91 Å². The van der Waals surface area contributed by atoms with Crippen molar-refractivity contribution in [1.29, 1.82) is 0 Å². The summed E-state index contributed by atoms with van der Waals surface area (Å²) >= 11 is 0. The molecule has 29 heavy (non-hydrogen) atoms. The summed E-state index contributed by atoms with van der Waals surface area (Å²) in [7, 11) is 1.58. The molecule has 1 aromatic heterocycles. The van der Waals surface area contributed by atoms with Crippen LogP contribution in [-0.2, 0) is 0 Å². The van der Waals surface area contributed by atoms with Crippen LogP contribution < -0.4 is 15.4 Å². The van der Waals surface area contributed by atoms with Crippen molar-refractivity contribution in [3.63, 3.8) is 0 Å². The van der Waals surface area contributed by atoms with Crippen molar-refractivity contribution in [3.05, 3.63) is 83.7 Å². The lowest BCUT2D eigenvalue weighted by Crippen LogP contribution is -2.18. The Balaban J connectivity index is 1.68. The van der Waals surface area contributed by atoms with Gasteiger partial charge in [0, 0.05) is 11.4 Å². The van der Waals surface area contributed by atoms with E-state index in [0.717, 1.165) is 0 Å². The van der Waals surface area contributed by atoms with E-state index in [1.807, 2.05) is 24.3 Å². The molecule has 3 rings (SSSR count). The molecular formula is C23H23N3O3. The summed E-state index contributed by atoms with van der Waals surface area (Å²) < 4.78 is 5.10. The molecule has 2 amide bonds. The van der Waals surface area contributed by atoms with Crippen LogP contribution in [-0.4, -0.2) is 23.9 Å². The maximum absolute atomic E-state index is 12.5. The van der Waals surface area contributed by atoms with Gasteiger partial charge in [-0.15, -0.1) is 0 Å². The van der Waals surface area contributed by atoms with E-state index in [-0.39, 0.29) is 17.3 Å². The molecule has 0 aliphatic heterocycles. The van der Waals surface area contributed by atoms with Crippen LogP contribution in [0.4, 0.5) is 11.4 Å². The zero-order valence-electron chi connectivity index (χ0n) is 16.6. The van der Waals surface area contributed by atoms with Crippen molar-refractivity contribution < 1.29 is 14.3 Å². The summed E-state index contributed by atoms with van der Waals surface area (Å²) in [6.45, 7) is 4.22. The Kier molecular flexibility index (Phi) is 6.24. The van der Waals surface area contributed by atoms with Crippen LogP contribution >= 0.6 is 0 Å². The number of aromatic nitrogens is 1. The first-order chi connectivity index (χ1) is 14.0. The number of anilines is 2. The van der Waals surface area contributed by atoms with Gasteiger partial charge < -0.3 is 15.4 Å². The van der Waals surface area contributed by atoms with Crippen LogP contribution in [0.3, 0.4) is 0 Å². The zero-order valence-corrected chi connectivity index (χ0v) is 16.6. The summed E-state index contributed by atoms with van der Waals surface area (Å²) in [5, 5.41) is 5.56. The summed E-state index contributed by atoms with van der Waals surface area (Å²) in [4.78, 5) is 29.2. The number of ether oxygens (including phenoxy) is 1. The molecule has 0 unspecified atom stereocenters. The SMILES string of the molecule is COc1ccc(NC(=O)c2cccc(C(=O)Nc3ccc(C(C)C)cc3)n2)cc1. The lowest BCUT2D eigenvalue weighted by molar-refractivity contribution is 0.101. The summed E-state index contributed by atoms with van der Waals surface area (Å²) in [5.74, 6) is 0.344. The Morgan fingerprint density at radius 1 is 0.793 bits per heavy atom. The van der Waals surface area contributed by atoms with Crippen LogP contribution in [0.5, 0.6) is 5.75 Å². The van der Waals surface area contributed by atoms with Gasteiger partial charge in [0.1, 0.15) is 17.1 Å². The lowest BCUT2D eigenvalue weighted by Gasteiger charge is -2.09. The van der Waals surface area contributed by atoms with Crippen molar-refractivity contribution in [3.8, 4) is 5.75 Å². The minimum atomic E-state index is -0.397. The number of amides is 2. The van der Waals surface area contributed by atoms with Gasteiger partial charge in [-0.2, -0.15) is 0 Å². The Morgan fingerprint density at radius 2 is 1.28 bits per heavy atom. The second-order valence-electron chi connectivity index (χ2n) is 6.82. The average molecular weight is 389 g/mol. The molecule has 2 N–H and O–H groups in total. The van der Waals surface area contributed by atoms with Gasteiger partial charge in [0.15, 0.2) is 0 Å². The highest BCUT2D eigenvalue weighted by Crippen LogP contribution is 2.18. The minimum absolute atomic E-state index is 0.156. The third-order valence-corrected chi connectivity index (χ3v) is 4.40. The van der Waals surface area contributed by atoms with Gasteiger partial charge in [0.2, 0.25) is 0 Å².